The van der Waals surface area contributed by atoms with Gasteiger partial charge in [-0.1, -0.05) is 20.8 Å². The molecule has 0 unspecified atom stereocenters. The van der Waals surface area contributed by atoms with Crippen LogP contribution in [0.3, 0.4) is 0 Å². The van der Waals surface area contributed by atoms with Crippen molar-refractivity contribution in [2.24, 2.45) is 11.3 Å². The number of anilines is 1. The van der Waals surface area contributed by atoms with E-state index < -0.39 is 41.9 Å². The van der Waals surface area contributed by atoms with Crippen molar-refractivity contribution in [1.82, 2.24) is 10.2 Å². The lowest BCUT2D eigenvalue weighted by Crippen LogP contribution is -2.54. The number of carbonyl (C=O) groups is 5. The fraction of sp³-hybridized carbons (Fsp3) is 0.625. The second-order valence-corrected chi connectivity index (χ2v) is 11.0. The maximum Gasteiger partial charge on any atom is 0.348 e. The van der Waals surface area contributed by atoms with Crippen LogP contribution in [0.2, 0.25) is 0 Å². The van der Waals surface area contributed by atoms with Crippen molar-refractivity contribution in [3.8, 4) is 0 Å². The van der Waals surface area contributed by atoms with Gasteiger partial charge in [0.05, 0.1) is 18.8 Å². The van der Waals surface area contributed by atoms with Gasteiger partial charge in [0.25, 0.3) is 5.91 Å². The first-order valence-electron chi connectivity index (χ1n) is 11.8. The van der Waals surface area contributed by atoms with Crippen LogP contribution in [0.25, 0.3) is 0 Å². The Hall–Kier alpha value is -2.95. The highest BCUT2D eigenvalue weighted by Gasteiger charge is 2.56. The van der Waals surface area contributed by atoms with E-state index >= 15 is 0 Å². The maximum atomic E-state index is 13.3. The first kappa shape index (κ1) is 26.7. The van der Waals surface area contributed by atoms with E-state index in [0.29, 0.717) is 18.4 Å². The van der Waals surface area contributed by atoms with Gasteiger partial charge < -0.3 is 20.1 Å². The summed E-state index contributed by atoms with van der Waals surface area (Å²) in [5.41, 5.74) is -0.782. The molecule has 2 fully saturated rings. The van der Waals surface area contributed by atoms with Crippen LogP contribution in [0.15, 0.2) is 0 Å². The highest BCUT2D eigenvalue weighted by atomic mass is 32.1. The third-order valence-corrected chi connectivity index (χ3v) is 7.45. The lowest BCUT2D eigenvalue weighted by Gasteiger charge is -2.43. The smallest absolute Gasteiger partial charge is 0.348 e. The second-order valence-electron chi connectivity index (χ2n) is 10.0. The zero-order chi connectivity index (χ0) is 26.1. The summed E-state index contributed by atoms with van der Waals surface area (Å²) in [5.74, 6) is -2.17. The van der Waals surface area contributed by atoms with Crippen LogP contribution in [-0.2, 0) is 19.1 Å². The van der Waals surface area contributed by atoms with Crippen LogP contribution < -0.4 is 10.6 Å². The monoisotopic (exact) mass is 507 g/mol. The number of ether oxygens (including phenoxy) is 2. The number of nitrogens with zero attached hydrogens (tertiary/aromatic N) is 1. The molecule has 1 aromatic rings. The van der Waals surface area contributed by atoms with Gasteiger partial charge >= 0.3 is 18.0 Å². The molecule has 2 N–H and O–H groups in total. The molecule has 2 heterocycles. The first-order valence-corrected chi connectivity index (χ1v) is 12.6. The highest BCUT2D eigenvalue weighted by molar-refractivity contribution is 7.18. The van der Waals surface area contributed by atoms with Crippen molar-refractivity contribution in [3.63, 3.8) is 0 Å². The minimum Gasteiger partial charge on any atom is -0.462 e. The molecule has 1 saturated carbocycles. The van der Waals surface area contributed by atoms with Crippen molar-refractivity contribution in [1.29, 1.82) is 0 Å². The fourth-order valence-electron chi connectivity index (χ4n) is 5.40. The molecule has 1 spiro atoms. The third-order valence-electron chi connectivity index (χ3n) is 6.27. The highest BCUT2D eigenvalue weighted by Crippen LogP contribution is 2.46. The summed E-state index contributed by atoms with van der Waals surface area (Å²) >= 11 is 0.886. The van der Waals surface area contributed by atoms with E-state index in [4.69, 9.17) is 9.47 Å². The first-order chi connectivity index (χ1) is 16.3. The van der Waals surface area contributed by atoms with Crippen molar-refractivity contribution < 1.29 is 33.4 Å². The van der Waals surface area contributed by atoms with Crippen LogP contribution >= 0.6 is 11.3 Å². The molecule has 0 aromatic carbocycles. The summed E-state index contributed by atoms with van der Waals surface area (Å²) < 4.78 is 10.1. The molecule has 3 rings (SSSR count). The Labute approximate surface area is 208 Å². The molecule has 10 nitrogen and oxygen atoms in total. The Morgan fingerprint density at radius 1 is 1.11 bits per heavy atom. The fourth-order valence-corrected chi connectivity index (χ4v) is 6.51. The van der Waals surface area contributed by atoms with Gasteiger partial charge in [-0.05, 0) is 56.9 Å². The SMILES string of the molecule is CCOC(=O)c1sc(NC(=O)CN2C(=O)N[C@]3(C[C@H](C)CC(C)(C)C3)C2=O)c(C(=O)OCC)c1C. The summed E-state index contributed by atoms with van der Waals surface area (Å²) in [5, 5.41) is 5.53. The van der Waals surface area contributed by atoms with Crippen molar-refractivity contribution in [3.05, 3.63) is 16.0 Å². The molecular formula is C24H33N3O7S. The quantitative estimate of drug-likeness (QED) is 0.427. The Morgan fingerprint density at radius 3 is 2.34 bits per heavy atom. The molecule has 0 radical (unpaired) electrons. The largest absolute Gasteiger partial charge is 0.462 e. The number of thiophene rings is 1. The van der Waals surface area contributed by atoms with Gasteiger partial charge in [-0.2, -0.15) is 0 Å². The molecule has 0 bridgehead atoms. The van der Waals surface area contributed by atoms with Gasteiger partial charge in [-0.15, -0.1) is 11.3 Å². The van der Waals surface area contributed by atoms with E-state index in [-0.39, 0.29) is 40.0 Å². The van der Waals surface area contributed by atoms with Gasteiger partial charge in [0.2, 0.25) is 5.91 Å². The molecule has 1 saturated heterocycles. The van der Waals surface area contributed by atoms with E-state index in [1.165, 1.54) is 0 Å². The molecule has 1 aromatic heterocycles. The van der Waals surface area contributed by atoms with Crippen LogP contribution in [0.4, 0.5) is 9.80 Å². The molecular weight excluding hydrogens is 474 g/mol. The molecule has 4 amide bonds. The number of imide groups is 1. The van der Waals surface area contributed by atoms with Crippen molar-refractivity contribution in [2.45, 2.75) is 66.3 Å². The van der Waals surface area contributed by atoms with Gasteiger partial charge in [0.1, 0.15) is 22.0 Å². The minimum absolute atomic E-state index is 0.0461. The van der Waals surface area contributed by atoms with Gasteiger partial charge in [0.15, 0.2) is 0 Å². The second kappa shape index (κ2) is 9.96. The lowest BCUT2D eigenvalue weighted by molar-refractivity contribution is -0.136. The molecule has 1 aliphatic carbocycles. The van der Waals surface area contributed by atoms with E-state index in [1.54, 1.807) is 20.8 Å². The van der Waals surface area contributed by atoms with Crippen LogP contribution in [0.5, 0.6) is 0 Å². The maximum absolute atomic E-state index is 13.3. The van der Waals surface area contributed by atoms with Crippen molar-refractivity contribution >= 4 is 46.1 Å². The molecule has 2 atom stereocenters. The Balaban J connectivity index is 1.82. The predicted molar refractivity (Wildman–Crippen MR) is 129 cm³/mol. The third kappa shape index (κ3) is 5.34. The average Bonchev–Trinajstić information content (AvgIpc) is 3.15. The topological polar surface area (TPSA) is 131 Å². The Kier molecular flexibility index (Phi) is 7.59. The summed E-state index contributed by atoms with van der Waals surface area (Å²) in [6.45, 7) is 10.8. The molecule has 11 heteroatoms. The number of urea groups is 1. The number of hydrogen-bond donors (Lipinski definition) is 2. The number of hydrogen-bond acceptors (Lipinski definition) is 8. The zero-order valence-electron chi connectivity index (χ0n) is 21.0. The minimum atomic E-state index is -1.02. The number of amides is 4. The average molecular weight is 508 g/mol. The molecule has 1 aliphatic heterocycles. The summed E-state index contributed by atoms with van der Waals surface area (Å²) in [6, 6.07) is -0.616. The van der Waals surface area contributed by atoms with Crippen LogP contribution in [-0.4, -0.2) is 60.0 Å². The molecule has 2 aliphatic rings. The van der Waals surface area contributed by atoms with Gasteiger partial charge in [-0.3, -0.25) is 14.5 Å². The lowest BCUT2D eigenvalue weighted by atomic mass is 9.64. The van der Waals surface area contributed by atoms with E-state index in [1.807, 2.05) is 0 Å². The number of rotatable bonds is 7. The van der Waals surface area contributed by atoms with Crippen LogP contribution in [0, 0.1) is 18.3 Å². The Bertz CT molecular complexity index is 1060. The normalized spacial score (nSPS) is 23.3. The number of nitrogens with one attached hydrogen (secondary N) is 2. The number of esters is 2. The van der Waals surface area contributed by atoms with E-state index in [2.05, 4.69) is 31.4 Å². The van der Waals surface area contributed by atoms with Crippen molar-refractivity contribution in [2.75, 3.05) is 25.1 Å². The van der Waals surface area contributed by atoms with E-state index in [0.717, 1.165) is 22.7 Å². The van der Waals surface area contributed by atoms with Gasteiger partial charge in [-0.25, -0.2) is 14.4 Å². The summed E-state index contributed by atoms with van der Waals surface area (Å²) in [4.78, 5) is 64.9. The standard InChI is InChI=1S/C24H33N3O7S/c1-7-33-19(29)16-14(4)17(20(30)34-8-2)35-18(16)25-15(28)11-27-21(31)24(26-22(27)32)10-13(3)9-23(5,6)12-24/h13H,7-12H2,1-6H3,(H,25,28)(H,26,32)/t13-,24+/m1/s1. The molecule has 192 valence electrons. The molecule has 35 heavy (non-hydrogen) atoms. The van der Waals surface area contributed by atoms with E-state index in [9.17, 15) is 24.0 Å². The van der Waals surface area contributed by atoms with Crippen LogP contribution in [0.1, 0.15) is 79.5 Å². The number of carbonyl (C=O) groups excluding carboxylic acids is 5. The summed E-state index contributed by atoms with van der Waals surface area (Å²) in [7, 11) is 0. The predicted octanol–water partition coefficient (Wildman–Crippen LogP) is 3.49. The summed E-state index contributed by atoms with van der Waals surface area (Å²) in [6.07, 6.45) is 1.95. The zero-order valence-corrected chi connectivity index (χ0v) is 21.8. The van der Waals surface area contributed by atoms with Gasteiger partial charge in [0, 0.05) is 0 Å². The Morgan fingerprint density at radius 2 is 1.74 bits per heavy atom.